The largest absolute Gasteiger partial charge is 0.218 e. The van der Waals surface area contributed by atoms with Crippen molar-refractivity contribution in [2.24, 2.45) is 0 Å². The Balaban J connectivity index is 2.10. The average Bonchev–Trinajstić information content (AvgIpc) is 2.57. The number of aryl methyl sites for hydroxylation is 1. The van der Waals surface area contributed by atoms with Crippen molar-refractivity contribution in [2.75, 3.05) is 13.1 Å². The van der Waals surface area contributed by atoms with E-state index in [1.807, 2.05) is 31.2 Å². The third-order valence-electron chi connectivity index (χ3n) is 3.39. The number of nitrogens with zero attached hydrogens (tertiary/aromatic N) is 1. The van der Waals surface area contributed by atoms with Gasteiger partial charge in [0.2, 0.25) is 10.0 Å². The van der Waals surface area contributed by atoms with Crippen LogP contribution in [0.5, 0.6) is 0 Å². The number of rotatable bonds is 3. The van der Waals surface area contributed by atoms with E-state index < -0.39 is 10.0 Å². The molecule has 0 amide bonds. The highest BCUT2D eigenvalue weighted by molar-refractivity contribution is 7.88. The van der Waals surface area contributed by atoms with Crippen LogP contribution in [0.2, 0.25) is 0 Å². The van der Waals surface area contributed by atoms with Gasteiger partial charge >= 0.3 is 0 Å². The standard InChI is InChI=1S/C14H21NO2S/c1-13-7-6-8-14(11-13)12-18(16,17)15-9-4-2-3-5-10-15/h6-8,11H,2-5,9-10,12H2,1H3. The van der Waals surface area contributed by atoms with Crippen LogP contribution in [0.4, 0.5) is 0 Å². The van der Waals surface area contributed by atoms with E-state index in [9.17, 15) is 8.42 Å². The second-order valence-electron chi connectivity index (χ2n) is 5.06. The minimum Gasteiger partial charge on any atom is -0.212 e. The van der Waals surface area contributed by atoms with Crippen molar-refractivity contribution >= 4 is 10.0 Å². The van der Waals surface area contributed by atoms with Gasteiger partial charge in [0, 0.05) is 13.1 Å². The maximum absolute atomic E-state index is 12.3. The van der Waals surface area contributed by atoms with Gasteiger partial charge in [0.1, 0.15) is 0 Å². The van der Waals surface area contributed by atoms with Gasteiger partial charge in [0.15, 0.2) is 0 Å². The Morgan fingerprint density at radius 2 is 1.78 bits per heavy atom. The molecule has 0 saturated carbocycles. The summed E-state index contributed by atoms with van der Waals surface area (Å²) >= 11 is 0. The average molecular weight is 267 g/mol. The zero-order valence-electron chi connectivity index (χ0n) is 10.9. The summed E-state index contributed by atoms with van der Waals surface area (Å²) in [7, 11) is -3.14. The van der Waals surface area contributed by atoms with Crippen LogP contribution in [0.15, 0.2) is 24.3 Å². The van der Waals surface area contributed by atoms with Gasteiger partial charge in [-0.05, 0) is 25.3 Å². The molecule has 0 atom stereocenters. The third-order valence-corrected chi connectivity index (χ3v) is 5.24. The smallest absolute Gasteiger partial charge is 0.212 e. The molecule has 0 N–H and O–H groups in total. The van der Waals surface area contributed by atoms with Crippen LogP contribution in [-0.4, -0.2) is 25.8 Å². The van der Waals surface area contributed by atoms with Crippen molar-refractivity contribution in [3.05, 3.63) is 35.4 Å². The quantitative estimate of drug-likeness (QED) is 0.844. The van der Waals surface area contributed by atoms with E-state index in [0.717, 1.165) is 36.8 Å². The van der Waals surface area contributed by atoms with Gasteiger partial charge in [0.05, 0.1) is 5.75 Å². The minimum atomic E-state index is -3.14. The fourth-order valence-electron chi connectivity index (χ4n) is 2.42. The Kier molecular flexibility index (Phi) is 4.40. The van der Waals surface area contributed by atoms with E-state index in [0.29, 0.717) is 13.1 Å². The summed E-state index contributed by atoms with van der Waals surface area (Å²) < 4.78 is 26.4. The Hall–Kier alpha value is -0.870. The molecule has 100 valence electrons. The molecule has 3 nitrogen and oxygen atoms in total. The highest BCUT2D eigenvalue weighted by atomic mass is 32.2. The lowest BCUT2D eigenvalue weighted by Gasteiger charge is -2.19. The SMILES string of the molecule is Cc1cccc(CS(=O)(=O)N2CCCCCC2)c1. The molecule has 1 aromatic rings. The molecule has 0 radical (unpaired) electrons. The first kappa shape index (κ1) is 13.6. The molecule has 18 heavy (non-hydrogen) atoms. The molecule has 1 saturated heterocycles. The topological polar surface area (TPSA) is 37.4 Å². The van der Waals surface area contributed by atoms with Crippen LogP contribution >= 0.6 is 0 Å². The number of sulfonamides is 1. The van der Waals surface area contributed by atoms with Gasteiger partial charge in [-0.2, -0.15) is 0 Å². The predicted molar refractivity (Wildman–Crippen MR) is 73.8 cm³/mol. The number of hydrogen-bond donors (Lipinski definition) is 0. The van der Waals surface area contributed by atoms with Crippen LogP contribution in [0, 0.1) is 6.92 Å². The van der Waals surface area contributed by atoms with E-state index >= 15 is 0 Å². The number of hydrogen-bond acceptors (Lipinski definition) is 2. The molecule has 1 aliphatic rings. The van der Waals surface area contributed by atoms with Crippen molar-refractivity contribution in [3.63, 3.8) is 0 Å². The fraction of sp³-hybridized carbons (Fsp3) is 0.571. The molecular weight excluding hydrogens is 246 g/mol. The monoisotopic (exact) mass is 267 g/mol. The van der Waals surface area contributed by atoms with Gasteiger partial charge in [-0.15, -0.1) is 0 Å². The lowest BCUT2D eigenvalue weighted by molar-refractivity contribution is 0.423. The molecule has 0 aromatic heterocycles. The van der Waals surface area contributed by atoms with Crippen molar-refractivity contribution in [1.82, 2.24) is 4.31 Å². The van der Waals surface area contributed by atoms with Gasteiger partial charge in [0.25, 0.3) is 0 Å². The Labute approximate surface area is 110 Å². The van der Waals surface area contributed by atoms with E-state index in [1.54, 1.807) is 4.31 Å². The van der Waals surface area contributed by atoms with Crippen molar-refractivity contribution in [2.45, 2.75) is 38.4 Å². The van der Waals surface area contributed by atoms with E-state index in [4.69, 9.17) is 0 Å². The number of benzene rings is 1. The lowest BCUT2D eigenvalue weighted by Crippen LogP contribution is -2.32. The first-order chi connectivity index (χ1) is 8.58. The van der Waals surface area contributed by atoms with E-state index in [2.05, 4.69) is 0 Å². The summed E-state index contributed by atoms with van der Waals surface area (Å²) in [5.41, 5.74) is 2.00. The van der Waals surface area contributed by atoms with Crippen LogP contribution in [0.25, 0.3) is 0 Å². The van der Waals surface area contributed by atoms with Crippen LogP contribution in [0.1, 0.15) is 36.8 Å². The Morgan fingerprint density at radius 1 is 1.11 bits per heavy atom. The zero-order chi connectivity index (χ0) is 13.0. The minimum absolute atomic E-state index is 0.134. The molecule has 1 fully saturated rings. The summed E-state index contributed by atoms with van der Waals surface area (Å²) in [6.07, 6.45) is 4.28. The third kappa shape index (κ3) is 3.56. The van der Waals surface area contributed by atoms with E-state index in [-0.39, 0.29) is 5.75 Å². The van der Waals surface area contributed by atoms with Gasteiger partial charge in [-0.25, -0.2) is 12.7 Å². The maximum atomic E-state index is 12.3. The van der Waals surface area contributed by atoms with Crippen LogP contribution in [-0.2, 0) is 15.8 Å². The van der Waals surface area contributed by atoms with Gasteiger partial charge in [-0.3, -0.25) is 0 Å². The van der Waals surface area contributed by atoms with Crippen LogP contribution in [0.3, 0.4) is 0 Å². The second kappa shape index (κ2) is 5.85. The summed E-state index contributed by atoms with van der Waals surface area (Å²) in [4.78, 5) is 0. The highest BCUT2D eigenvalue weighted by Crippen LogP contribution is 2.17. The summed E-state index contributed by atoms with van der Waals surface area (Å²) in [5.74, 6) is 0.134. The van der Waals surface area contributed by atoms with Crippen molar-refractivity contribution in [1.29, 1.82) is 0 Å². The molecule has 1 aliphatic heterocycles. The predicted octanol–water partition coefficient (Wildman–Crippen LogP) is 2.70. The molecule has 0 aliphatic carbocycles. The molecule has 2 rings (SSSR count). The lowest BCUT2D eigenvalue weighted by atomic mass is 10.2. The summed E-state index contributed by atoms with van der Waals surface area (Å²) in [6.45, 7) is 3.37. The first-order valence-corrected chi connectivity index (χ1v) is 8.22. The molecule has 1 heterocycles. The molecular formula is C14H21NO2S. The summed E-state index contributed by atoms with van der Waals surface area (Å²) in [5, 5.41) is 0. The van der Waals surface area contributed by atoms with Crippen LogP contribution < -0.4 is 0 Å². The maximum Gasteiger partial charge on any atom is 0.218 e. The van der Waals surface area contributed by atoms with Crippen molar-refractivity contribution in [3.8, 4) is 0 Å². The van der Waals surface area contributed by atoms with Crippen molar-refractivity contribution < 1.29 is 8.42 Å². The molecule has 0 bridgehead atoms. The normalized spacial score (nSPS) is 18.5. The molecule has 0 spiro atoms. The second-order valence-corrected chi connectivity index (χ2v) is 7.03. The fourth-order valence-corrected chi connectivity index (χ4v) is 4.02. The van der Waals surface area contributed by atoms with Gasteiger partial charge < -0.3 is 0 Å². The molecule has 4 heteroatoms. The first-order valence-electron chi connectivity index (χ1n) is 6.61. The molecule has 0 unspecified atom stereocenters. The zero-order valence-corrected chi connectivity index (χ0v) is 11.7. The Morgan fingerprint density at radius 3 is 2.39 bits per heavy atom. The Bertz CT molecular complexity index is 488. The molecule has 1 aromatic carbocycles. The highest BCUT2D eigenvalue weighted by Gasteiger charge is 2.23. The van der Waals surface area contributed by atoms with E-state index in [1.165, 1.54) is 0 Å². The summed E-state index contributed by atoms with van der Waals surface area (Å²) in [6, 6.07) is 7.75. The van der Waals surface area contributed by atoms with Gasteiger partial charge in [-0.1, -0.05) is 42.7 Å².